The van der Waals surface area contributed by atoms with Crippen molar-refractivity contribution < 1.29 is 5.11 Å². The molecule has 0 fully saturated rings. The minimum Gasteiger partial charge on any atom is -0.507 e. The second-order valence-electron chi connectivity index (χ2n) is 2.73. The highest BCUT2D eigenvalue weighted by Gasteiger charge is 2.05. The lowest BCUT2D eigenvalue weighted by atomic mass is 10.1. The third kappa shape index (κ3) is 1.99. The van der Waals surface area contributed by atoms with Crippen LogP contribution in [0.3, 0.4) is 0 Å². The average Bonchev–Trinajstić information content (AvgIpc) is 2.08. The SMILES string of the molecule is CCC(N)c1ccc(O)c(Br)c1. The zero-order valence-corrected chi connectivity index (χ0v) is 8.51. The van der Waals surface area contributed by atoms with Gasteiger partial charge in [0.1, 0.15) is 5.75 Å². The lowest BCUT2D eigenvalue weighted by Crippen LogP contribution is -2.08. The summed E-state index contributed by atoms with van der Waals surface area (Å²) in [6.45, 7) is 2.03. The van der Waals surface area contributed by atoms with E-state index in [0.717, 1.165) is 12.0 Å². The van der Waals surface area contributed by atoms with Gasteiger partial charge in [0.2, 0.25) is 0 Å². The molecule has 1 rings (SSSR count). The summed E-state index contributed by atoms with van der Waals surface area (Å²) in [5.41, 5.74) is 6.85. The van der Waals surface area contributed by atoms with E-state index in [1.54, 1.807) is 6.07 Å². The van der Waals surface area contributed by atoms with Gasteiger partial charge in [0, 0.05) is 6.04 Å². The highest BCUT2D eigenvalue weighted by Crippen LogP contribution is 2.26. The van der Waals surface area contributed by atoms with Gasteiger partial charge >= 0.3 is 0 Å². The van der Waals surface area contributed by atoms with Crippen LogP contribution in [0.5, 0.6) is 5.75 Å². The van der Waals surface area contributed by atoms with E-state index < -0.39 is 0 Å². The summed E-state index contributed by atoms with van der Waals surface area (Å²) in [5.74, 6) is 0.252. The molecule has 0 radical (unpaired) electrons. The van der Waals surface area contributed by atoms with Gasteiger partial charge in [-0.15, -0.1) is 0 Å². The molecule has 1 atom stereocenters. The summed E-state index contributed by atoms with van der Waals surface area (Å²) >= 11 is 3.24. The minimum atomic E-state index is 0.0573. The summed E-state index contributed by atoms with van der Waals surface area (Å²) < 4.78 is 0.698. The maximum Gasteiger partial charge on any atom is 0.129 e. The van der Waals surface area contributed by atoms with Gasteiger partial charge in [0.25, 0.3) is 0 Å². The van der Waals surface area contributed by atoms with Gasteiger partial charge < -0.3 is 10.8 Å². The number of halogens is 1. The molecule has 1 unspecified atom stereocenters. The Balaban J connectivity index is 2.96. The normalized spacial score (nSPS) is 12.9. The van der Waals surface area contributed by atoms with Crippen LogP contribution in [0, 0.1) is 0 Å². The molecule has 0 amide bonds. The van der Waals surface area contributed by atoms with Crippen LogP contribution in [0.25, 0.3) is 0 Å². The quantitative estimate of drug-likeness (QED) is 0.820. The maximum absolute atomic E-state index is 9.21. The van der Waals surface area contributed by atoms with E-state index in [4.69, 9.17) is 5.73 Å². The molecule has 0 heterocycles. The van der Waals surface area contributed by atoms with Crippen molar-refractivity contribution in [2.75, 3.05) is 0 Å². The molecule has 0 aliphatic heterocycles. The predicted molar refractivity (Wildman–Crippen MR) is 53.0 cm³/mol. The van der Waals surface area contributed by atoms with Gasteiger partial charge in [-0.1, -0.05) is 13.0 Å². The fraction of sp³-hybridized carbons (Fsp3) is 0.333. The second kappa shape index (κ2) is 3.92. The summed E-state index contributed by atoms with van der Waals surface area (Å²) in [5, 5.41) is 9.21. The van der Waals surface area contributed by atoms with Gasteiger partial charge in [0.15, 0.2) is 0 Å². The lowest BCUT2D eigenvalue weighted by Gasteiger charge is -2.09. The van der Waals surface area contributed by atoms with E-state index in [2.05, 4.69) is 15.9 Å². The van der Waals surface area contributed by atoms with E-state index in [9.17, 15) is 5.11 Å². The molecule has 3 N–H and O–H groups in total. The number of rotatable bonds is 2. The first-order valence-electron chi connectivity index (χ1n) is 3.89. The Kier molecular flexibility index (Phi) is 3.12. The highest BCUT2D eigenvalue weighted by molar-refractivity contribution is 9.10. The van der Waals surface area contributed by atoms with Crippen molar-refractivity contribution in [1.29, 1.82) is 0 Å². The Morgan fingerprint density at radius 3 is 2.75 bits per heavy atom. The number of nitrogens with two attached hydrogens (primary N) is 1. The van der Waals surface area contributed by atoms with Crippen molar-refractivity contribution in [1.82, 2.24) is 0 Å². The van der Waals surface area contributed by atoms with Crippen molar-refractivity contribution in [3.05, 3.63) is 28.2 Å². The molecular weight excluding hydrogens is 218 g/mol. The Bertz CT molecular complexity index is 275. The van der Waals surface area contributed by atoms with E-state index in [0.29, 0.717) is 4.47 Å². The summed E-state index contributed by atoms with van der Waals surface area (Å²) in [6, 6.07) is 5.40. The highest BCUT2D eigenvalue weighted by atomic mass is 79.9. The molecule has 3 heteroatoms. The van der Waals surface area contributed by atoms with Gasteiger partial charge in [0.05, 0.1) is 4.47 Å². The molecule has 0 aromatic heterocycles. The van der Waals surface area contributed by atoms with E-state index in [1.807, 2.05) is 19.1 Å². The fourth-order valence-electron chi connectivity index (χ4n) is 0.989. The Labute approximate surface area is 80.5 Å². The maximum atomic E-state index is 9.21. The van der Waals surface area contributed by atoms with Crippen molar-refractivity contribution in [3.8, 4) is 5.75 Å². The van der Waals surface area contributed by atoms with Gasteiger partial charge in [-0.25, -0.2) is 0 Å². The lowest BCUT2D eigenvalue weighted by molar-refractivity contribution is 0.471. The van der Waals surface area contributed by atoms with Crippen molar-refractivity contribution >= 4 is 15.9 Å². The van der Waals surface area contributed by atoms with Crippen molar-refractivity contribution in [2.45, 2.75) is 19.4 Å². The first kappa shape index (κ1) is 9.55. The summed E-state index contributed by atoms with van der Waals surface area (Å²) in [6.07, 6.45) is 0.900. The minimum absolute atomic E-state index is 0.0573. The third-order valence-electron chi connectivity index (χ3n) is 1.84. The monoisotopic (exact) mass is 229 g/mol. The van der Waals surface area contributed by atoms with E-state index in [-0.39, 0.29) is 11.8 Å². The number of hydrogen-bond acceptors (Lipinski definition) is 2. The van der Waals surface area contributed by atoms with Crippen molar-refractivity contribution in [3.63, 3.8) is 0 Å². The molecule has 1 aromatic carbocycles. The zero-order valence-electron chi connectivity index (χ0n) is 6.92. The number of phenolic OH excluding ortho intramolecular Hbond substituents is 1. The standard InChI is InChI=1S/C9H12BrNO/c1-2-8(11)6-3-4-9(12)7(10)5-6/h3-5,8,12H,2,11H2,1H3. The molecule has 0 aliphatic rings. The molecular formula is C9H12BrNO. The molecule has 1 aromatic rings. The molecule has 0 bridgehead atoms. The topological polar surface area (TPSA) is 46.2 Å². The Morgan fingerprint density at radius 1 is 1.58 bits per heavy atom. The average molecular weight is 230 g/mol. The summed E-state index contributed by atoms with van der Waals surface area (Å²) in [4.78, 5) is 0. The van der Waals surface area contributed by atoms with Crippen LogP contribution >= 0.6 is 15.9 Å². The number of aromatic hydroxyl groups is 1. The van der Waals surface area contributed by atoms with Crippen LogP contribution in [0.1, 0.15) is 24.9 Å². The van der Waals surface area contributed by atoms with E-state index in [1.165, 1.54) is 0 Å². The Morgan fingerprint density at radius 2 is 2.25 bits per heavy atom. The first-order valence-corrected chi connectivity index (χ1v) is 4.68. The third-order valence-corrected chi connectivity index (χ3v) is 2.47. The van der Waals surface area contributed by atoms with Crippen LogP contribution in [0.4, 0.5) is 0 Å². The van der Waals surface area contributed by atoms with Crippen LogP contribution in [0.2, 0.25) is 0 Å². The van der Waals surface area contributed by atoms with Gasteiger partial charge in [-0.3, -0.25) is 0 Å². The zero-order chi connectivity index (χ0) is 9.14. The molecule has 0 aliphatic carbocycles. The second-order valence-corrected chi connectivity index (χ2v) is 3.58. The Hall–Kier alpha value is -0.540. The number of hydrogen-bond donors (Lipinski definition) is 2. The molecule has 0 spiro atoms. The number of benzene rings is 1. The molecule has 2 nitrogen and oxygen atoms in total. The van der Waals surface area contributed by atoms with Crippen LogP contribution in [-0.2, 0) is 0 Å². The molecule has 66 valence electrons. The van der Waals surface area contributed by atoms with Gasteiger partial charge in [-0.2, -0.15) is 0 Å². The molecule has 0 saturated carbocycles. The fourth-order valence-corrected chi connectivity index (χ4v) is 1.39. The van der Waals surface area contributed by atoms with E-state index >= 15 is 0 Å². The predicted octanol–water partition coefficient (Wildman–Crippen LogP) is 2.56. The van der Waals surface area contributed by atoms with Crippen LogP contribution < -0.4 is 5.73 Å². The largest absolute Gasteiger partial charge is 0.507 e. The first-order chi connectivity index (χ1) is 5.65. The smallest absolute Gasteiger partial charge is 0.129 e. The molecule has 0 saturated heterocycles. The van der Waals surface area contributed by atoms with Crippen molar-refractivity contribution in [2.24, 2.45) is 5.73 Å². The number of phenols is 1. The van der Waals surface area contributed by atoms with Crippen LogP contribution in [-0.4, -0.2) is 5.11 Å². The van der Waals surface area contributed by atoms with Gasteiger partial charge in [-0.05, 0) is 40.0 Å². The van der Waals surface area contributed by atoms with Crippen LogP contribution in [0.15, 0.2) is 22.7 Å². The summed E-state index contributed by atoms with van der Waals surface area (Å²) in [7, 11) is 0. The molecule has 12 heavy (non-hydrogen) atoms.